The van der Waals surface area contributed by atoms with Crippen molar-refractivity contribution >= 4 is 28.2 Å². The zero-order chi connectivity index (χ0) is 18.1. The predicted octanol–water partition coefficient (Wildman–Crippen LogP) is 2.50. The number of esters is 1. The number of rotatable bonds is 4. The summed E-state index contributed by atoms with van der Waals surface area (Å²) in [4.78, 5) is 24.0. The van der Waals surface area contributed by atoms with Crippen molar-refractivity contribution in [3.05, 3.63) is 52.1 Å². The highest BCUT2D eigenvalue weighted by Gasteiger charge is 2.14. The summed E-state index contributed by atoms with van der Waals surface area (Å²) in [5.74, 6) is -0.345. The quantitative estimate of drug-likeness (QED) is 0.738. The second kappa shape index (κ2) is 6.43. The molecule has 0 amide bonds. The Hall–Kier alpha value is -3.09. The lowest BCUT2D eigenvalue weighted by molar-refractivity contribution is 0.0516. The van der Waals surface area contributed by atoms with Crippen LogP contribution in [-0.4, -0.2) is 26.9 Å². The summed E-state index contributed by atoms with van der Waals surface area (Å²) < 4.78 is 8.19. The molecule has 0 atom stereocenters. The summed E-state index contributed by atoms with van der Waals surface area (Å²) in [5, 5.41) is 8.16. The fourth-order valence-electron chi connectivity index (χ4n) is 2.76. The van der Waals surface area contributed by atoms with E-state index in [2.05, 4.69) is 10.4 Å². The molecule has 0 aliphatic carbocycles. The molecule has 7 heteroatoms. The van der Waals surface area contributed by atoms with Crippen LogP contribution in [0, 0.1) is 6.92 Å². The Morgan fingerprint density at radius 2 is 2.04 bits per heavy atom. The van der Waals surface area contributed by atoms with Crippen molar-refractivity contribution in [2.45, 2.75) is 13.8 Å². The number of hydrogen-bond donors (Lipinski definition) is 1. The van der Waals surface area contributed by atoms with Crippen LogP contribution in [0.5, 0.6) is 0 Å². The van der Waals surface area contributed by atoms with Crippen molar-refractivity contribution in [3.63, 3.8) is 0 Å². The standard InChI is InChI=1S/C18H20N4O3/c1-5-25-18(24)16-9-12-8-13(6-7-15(12)21(16)3)20-14-10-19-22(4)17(23)11(14)2/h6-10,20H,5H2,1-4H3. The lowest BCUT2D eigenvalue weighted by Crippen LogP contribution is -2.22. The van der Waals surface area contributed by atoms with Crippen LogP contribution in [0.4, 0.5) is 11.4 Å². The molecule has 0 spiro atoms. The second-order valence-corrected chi connectivity index (χ2v) is 5.82. The van der Waals surface area contributed by atoms with Gasteiger partial charge in [0.05, 0.1) is 18.5 Å². The number of ether oxygens (including phenoxy) is 1. The van der Waals surface area contributed by atoms with Crippen molar-refractivity contribution in [3.8, 4) is 0 Å². The fraction of sp³-hybridized carbons (Fsp3) is 0.278. The van der Waals surface area contributed by atoms with E-state index in [1.54, 1.807) is 33.2 Å². The molecule has 0 saturated heterocycles. The maximum absolute atomic E-state index is 12.0. The molecule has 3 aromatic rings. The molecule has 0 bridgehead atoms. The van der Waals surface area contributed by atoms with Crippen LogP contribution in [0.15, 0.2) is 35.3 Å². The number of anilines is 2. The number of carbonyl (C=O) groups is 1. The Morgan fingerprint density at radius 1 is 1.28 bits per heavy atom. The first-order valence-corrected chi connectivity index (χ1v) is 7.99. The van der Waals surface area contributed by atoms with Gasteiger partial charge in [0.25, 0.3) is 5.56 Å². The van der Waals surface area contributed by atoms with Crippen LogP contribution < -0.4 is 10.9 Å². The summed E-state index contributed by atoms with van der Waals surface area (Å²) in [6.07, 6.45) is 1.62. The lowest BCUT2D eigenvalue weighted by Gasteiger charge is -2.10. The molecular formula is C18H20N4O3. The van der Waals surface area contributed by atoms with Crippen molar-refractivity contribution in [2.75, 3.05) is 11.9 Å². The third-order valence-electron chi connectivity index (χ3n) is 4.18. The van der Waals surface area contributed by atoms with Gasteiger partial charge in [0, 0.05) is 36.2 Å². The highest BCUT2D eigenvalue weighted by molar-refractivity contribution is 5.96. The van der Waals surface area contributed by atoms with Gasteiger partial charge >= 0.3 is 5.97 Å². The van der Waals surface area contributed by atoms with Gasteiger partial charge in [-0.1, -0.05) is 0 Å². The van der Waals surface area contributed by atoms with Gasteiger partial charge in [-0.3, -0.25) is 4.79 Å². The Kier molecular flexibility index (Phi) is 4.31. The maximum atomic E-state index is 12.0. The highest BCUT2D eigenvalue weighted by atomic mass is 16.5. The Labute approximate surface area is 144 Å². The average Bonchev–Trinajstić information content (AvgIpc) is 2.92. The molecule has 0 saturated carbocycles. The van der Waals surface area contributed by atoms with E-state index in [4.69, 9.17) is 4.74 Å². The molecule has 0 aliphatic heterocycles. The number of benzene rings is 1. The van der Waals surface area contributed by atoms with Crippen LogP contribution in [-0.2, 0) is 18.8 Å². The van der Waals surface area contributed by atoms with Crippen LogP contribution in [0.3, 0.4) is 0 Å². The molecule has 3 rings (SSSR count). The lowest BCUT2D eigenvalue weighted by atomic mass is 10.2. The maximum Gasteiger partial charge on any atom is 0.354 e. The molecule has 0 fully saturated rings. The van der Waals surface area contributed by atoms with Gasteiger partial charge < -0.3 is 14.6 Å². The third kappa shape index (κ3) is 3.00. The Bertz CT molecular complexity index is 1020. The van der Waals surface area contributed by atoms with E-state index in [0.29, 0.717) is 23.6 Å². The van der Waals surface area contributed by atoms with Gasteiger partial charge in [-0.15, -0.1) is 0 Å². The van der Waals surface area contributed by atoms with Gasteiger partial charge in [0.2, 0.25) is 0 Å². The molecule has 0 aliphatic rings. The summed E-state index contributed by atoms with van der Waals surface area (Å²) in [6.45, 7) is 3.87. The van der Waals surface area contributed by atoms with Gasteiger partial charge in [-0.05, 0) is 38.1 Å². The van der Waals surface area contributed by atoms with E-state index in [1.165, 1.54) is 4.68 Å². The van der Waals surface area contributed by atoms with Gasteiger partial charge in [0.1, 0.15) is 5.69 Å². The molecule has 0 radical (unpaired) electrons. The second-order valence-electron chi connectivity index (χ2n) is 5.82. The SMILES string of the molecule is CCOC(=O)c1cc2cc(Nc3cnn(C)c(=O)c3C)ccc2n1C. The fourth-order valence-corrected chi connectivity index (χ4v) is 2.76. The van der Waals surface area contributed by atoms with Crippen molar-refractivity contribution in [2.24, 2.45) is 14.1 Å². The number of nitrogens with zero attached hydrogens (tertiary/aromatic N) is 3. The van der Waals surface area contributed by atoms with Crippen LogP contribution >= 0.6 is 0 Å². The van der Waals surface area contributed by atoms with E-state index in [1.807, 2.05) is 29.8 Å². The molecule has 1 N–H and O–H groups in total. The molecule has 130 valence electrons. The van der Waals surface area contributed by atoms with E-state index in [0.717, 1.165) is 16.6 Å². The van der Waals surface area contributed by atoms with E-state index >= 15 is 0 Å². The van der Waals surface area contributed by atoms with Crippen molar-refractivity contribution in [1.29, 1.82) is 0 Å². The smallest absolute Gasteiger partial charge is 0.354 e. The molecule has 0 unspecified atom stereocenters. The zero-order valence-corrected chi connectivity index (χ0v) is 14.7. The normalized spacial score (nSPS) is 10.9. The first-order valence-electron chi connectivity index (χ1n) is 7.99. The van der Waals surface area contributed by atoms with Gasteiger partial charge in [0.15, 0.2) is 0 Å². The van der Waals surface area contributed by atoms with Crippen molar-refractivity contribution in [1.82, 2.24) is 14.3 Å². The minimum Gasteiger partial charge on any atom is -0.461 e. The molecule has 7 nitrogen and oxygen atoms in total. The number of nitrogens with one attached hydrogen (secondary N) is 1. The Balaban J connectivity index is 1.98. The number of aromatic nitrogens is 3. The molecule has 2 heterocycles. The number of fused-ring (bicyclic) bond motifs is 1. The summed E-state index contributed by atoms with van der Waals surface area (Å²) >= 11 is 0. The van der Waals surface area contributed by atoms with Crippen molar-refractivity contribution < 1.29 is 9.53 Å². The van der Waals surface area contributed by atoms with E-state index in [-0.39, 0.29) is 11.5 Å². The van der Waals surface area contributed by atoms with Crippen LogP contribution in [0.1, 0.15) is 23.0 Å². The highest BCUT2D eigenvalue weighted by Crippen LogP contribution is 2.25. The minimum absolute atomic E-state index is 0.143. The largest absolute Gasteiger partial charge is 0.461 e. The molecular weight excluding hydrogens is 320 g/mol. The third-order valence-corrected chi connectivity index (χ3v) is 4.18. The summed E-state index contributed by atoms with van der Waals surface area (Å²) in [5.41, 5.74) is 3.34. The first kappa shape index (κ1) is 16.8. The first-order chi connectivity index (χ1) is 11.9. The number of carbonyl (C=O) groups excluding carboxylic acids is 1. The summed E-state index contributed by atoms with van der Waals surface area (Å²) in [6, 6.07) is 7.54. The van der Waals surface area contributed by atoms with E-state index < -0.39 is 0 Å². The van der Waals surface area contributed by atoms with Gasteiger partial charge in [-0.25, -0.2) is 9.48 Å². The summed E-state index contributed by atoms with van der Waals surface area (Å²) in [7, 11) is 3.45. The topological polar surface area (TPSA) is 78.2 Å². The van der Waals surface area contributed by atoms with E-state index in [9.17, 15) is 9.59 Å². The van der Waals surface area contributed by atoms with Gasteiger partial charge in [-0.2, -0.15) is 5.10 Å². The number of aryl methyl sites for hydroxylation is 2. The Morgan fingerprint density at radius 3 is 2.76 bits per heavy atom. The van der Waals surface area contributed by atoms with Crippen LogP contribution in [0.25, 0.3) is 10.9 Å². The zero-order valence-electron chi connectivity index (χ0n) is 14.7. The van der Waals surface area contributed by atoms with Crippen LogP contribution in [0.2, 0.25) is 0 Å². The predicted molar refractivity (Wildman–Crippen MR) is 96.4 cm³/mol. The monoisotopic (exact) mass is 340 g/mol. The number of hydrogen-bond acceptors (Lipinski definition) is 5. The molecule has 25 heavy (non-hydrogen) atoms. The minimum atomic E-state index is -0.345. The average molecular weight is 340 g/mol. The molecule has 2 aromatic heterocycles. The molecule has 1 aromatic carbocycles.